The van der Waals surface area contributed by atoms with E-state index in [1.165, 1.54) is 0 Å². The molecular weight excluding hydrogens is 897 g/mol. The fourth-order valence-corrected chi connectivity index (χ4v) is 11.6. The van der Waals surface area contributed by atoms with Crippen molar-refractivity contribution in [1.29, 1.82) is 0 Å². The van der Waals surface area contributed by atoms with Crippen LogP contribution in [-0.4, -0.2) is 0 Å². The fraction of sp³-hybridized carbons (Fsp3) is 0. The van der Waals surface area contributed by atoms with Crippen LogP contribution >= 0.6 is 0 Å². The van der Waals surface area contributed by atoms with Crippen LogP contribution in [0.5, 0.6) is 0 Å². The molecule has 0 bridgehead atoms. The van der Waals surface area contributed by atoms with Crippen molar-refractivity contribution >= 4 is 109 Å². The first-order valence-electron chi connectivity index (χ1n) is 31.8. The molecule has 342 valence electrons. The molecule has 0 radical (unpaired) electrons. The first-order valence-corrected chi connectivity index (χ1v) is 24.3. The molecule has 0 spiro atoms. The normalized spacial score (nSPS) is 14.9. The predicted octanol–water partition coefficient (Wildman–Crippen LogP) is 20.7. The number of fused-ring (bicyclic) bond motifs is 14. The molecule has 0 aliphatic carbocycles. The van der Waals surface area contributed by atoms with E-state index >= 15 is 0 Å². The maximum Gasteiger partial charge on any atom is 0.143 e. The maximum absolute atomic E-state index is 9.65. The summed E-state index contributed by atoms with van der Waals surface area (Å²) < 4.78 is 152. The molecule has 2 heteroatoms. The average Bonchev–Trinajstić information content (AvgIpc) is 1.49. The third kappa shape index (κ3) is 5.94. The molecule has 2 aromatic heterocycles. The molecule has 0 aliphatic rings. The SMILES string of the molecule is [2H]c1c([2H])c([2H])c2c([2H])c(-c3c4c([2H])c([2H])c([2H])c([2H])c4c(-c4ccc(-c5cc6cc(-c7c8ccccc8c(-c8ccccc8)c8ccccc78)c7oc8ccccc8c7c6c6c5oc5ccccc56)cc4)c4c([2H])c([2H])c([2H])c([2H])c34)c([2H])c([2H])c2c1[2H]. The van der Waals surface area contributed by atoms with E-state index in [1.54, 1.807) is 12.1 Å². The lowest BCUT2D eigenvalue weighted by Crippen LogP contribution is -1.92. The lowest BCUT2D eigenvalue weighted by molar-refractivity contribution is 0.670. The first kappa shape index (κ1) is 28.9. The van der Waals surface area contributed by atoms with E-state index in [0.29, 0.717) is 33.5 Å². The second-order valence-corrected chi connectivity index (χ2v) is 18.6. The van der Waals surface area contributed by atoms with Gasteiger partial charge in [-0.25, -0.2) is 0 Å². The van der Waals surface area contributed by atoms with Crippen molar-refractivity contribution < 1.29 is 29.4 Å². The van der Waals surface area contributed by atoms with Crippen LogP contribution in [0, 0.1) is 0 Å². The van der Waals surface area contributed by atoms with Gasteiger partial charge >= 0.3 is 0 Å². The largest absolute Gasteiger partial charge is 0.455 e. The van der Waals surface area contributed by atoms with Crippen LogP contribution in [0.25, 0.3) is 164 Å². The molecule has 74 heavy (non-hydrogen) atoms. The molecule has 16 rings (SSSR count). The smallest absolute Gasteiger partial charge is 0.143 e. The van der Waals surface area contributed by atoms with Gasteiger partial charge in [0.1, 0.15) is 22.3 Å². The summed E-state index contributed by atoms with van der Waals surface area (Å²) in [5.74, 6) is 0. The number of hydrogen-bond donors (Lipinski definition) is 0. The number of furan rings is 2. The summed E-state index contributed by atoms with van der Waals surface area (Å²) in [5, 5.41) is 7.63. The summed E-state index contributed by atoms with van der Waals surface area (Å²) in [6, 6.07) is 44.4. The topological polar surface area (TPSA) is 26.3 Å². The van der Waals surface area contributed by atoms with Gasteiger partial charge < -0.3 is 8.83 Å². The predicted molar refractivity (Wildman–Crippen MR) is 313 cm³/mol. The molecule has 0 saturated carbocycles. The van der Waals surface area contributed by atoms with Crippen molar-refractivity contribution in [1.82, 2.24) is 0 Å². The van der Waals surface area contributed by atoms with Crippen LogP contribution in [0.15, 0.2) is 263 Å². The molecule has 0 unspecified atom stereocenters. The van der Waals surface area contributed by atoms with Gasteiger partial charge in [0.25, 0.3) is 0 Å². The minimum atomic E-state index is -0.754. The highest BCUT2D eigenvalue weighted by Crippen LogP contribution is 2.52. The Bertz CT molecular complexity index is 5780. The molecule has 2 heterocycles. The minimum Gasteiger partial charge on any atom is -0.455 e. The summed E-state index contributed by atoms with van der Waals surface area (Å²) in [5.41, 5.74) is 7.46. The molecule has 0 saturated heterocycles. The van der Waals surface area contributed by atoms with Gasteiger partial charge in [0.15, 0.2) is 0 Å². The second kappa shape index (κ2) is 15.9. The zero-order valence-corrected chi connectivity index (χ0v) is 38.9. The van der Waals surface area contributed by atoms with Gasteiger partial charge in [-0.3, -0.25) is 0 Å². The first-order chi connectivity index (χ1) is 43.0. The van der Waals surface area contributed by atoms with Gasteiger partial charge in [0.2, 0.25) is 0 Å². The Morgan fingerprint density at radius 3 is 1.27 bits per heavy atom. The molecule has 16 aromatic rings. The maximum atomic E-state index is 9.65. The van der Waals surface area contributed by atoms with Gasteiger partial charge in [-0.2, -0.15) is 0 Å². The van der Waals surface area contributed by atoms with E-state index in [0.717, 1.165) is 76.1 Å². The Hall–Kier alpha value is -9.76. The van der Waals surface area contributed by atoms with E-state index in [-0.39, 0.29) is 38.2 Å². The number of rotatable bonds is 5. The van der Waals surface area contributed by atoms with Crippen molar-refractivity contribution in [2.24, 2.45) is 0 Å². The molecular formula is C72H42O2. The molecule has 0 fully saturated rings. The van der Waals surface area contributed by atoms with Crippen LogP contribution < -0.4 is 0 Å². The van der Waals surface area contributed by atoms with Crippen molar-refractivity contribution in [3.63, 3.8) is 0 Å². The molecule has 0 aliphatic heterocycles. The zero-order chi connectivity index (χ0) is 61.5. The third-order valence-corrected chi connectivity index (χ3v) is 14.7. The molecule has 2 nitrogen and oxygen atoms in total. The highest BCUT2D eigenvalue weighted by Gasteiger charge is 2.26. The van der Waals surface area contributed by atoms with E-state index in [1.807, 2.05) is 60.7 Å². The van der Waals surface area contributed by atoms with E-state index < -0.39 is 107 Å². The summed E-state index contributed by atoms with van der Waals surface area (Å²) in [7, 11) is 0. The number of benzene rings is 14. The standard InChI is InChI=1S/C72H42O2/c1-2-19-45(20-3-1)64-54-26-10-12-28-56(54)68(57-29-13-11-27-55(57)64)61-42-49-41-60(71-69(58-30-14-16-32-62(58)73-71)67(49)70-59-31-15-17-33-63(59)74-72(61)70)44-35-37-46(38-36-44)65-50-22-6-8-24-52(50)66(53-25-9-7-23-51(53)65)48-39-34-43-18-4-5-21-47(43)40-48/h1-42H/i4D,5D,6D,7D,8D,9D,18D,21D,22D,23D,24D,25D,34D,39D,40D. The Balaban J connectivity index is 1.00. The van der Waals surface area contributed by atoms with Crippen LogP contribution in [0.2, 0.25) is 0 Å². The van der Waals surface area contributed by atoms with Crippen molar-refractivity contribution in [3.05, 3.63) is 254 Å². The Labute approximate surface area is 446 Å². The summed E-state index contributed by atoms with van der Waals surface area (Å²) in [6.07, 6.45) is 0. The van der Waals surface area contributed by atoms with Crippen molar-refractivity contribution in [2.75, 3.05) is 0 Å². The van der Waals surface area contributed by atoms with Crippen LogP contribution in [-0.2, 0) is 0 Å². The lowest BCUT2D eigenvalue weighted by Gasteiger charge is -2.19. The van der Waals surface area contributed by atoms with Gasteiger partial charge in [-0.05, 0) is 129 Å². The molecule has 0 amide bonds. The van der Waals surface area contributed by atoms with Gasteiger partial charge in [0, 0.05) is 43.6 Å². The molecule has 0 atom stereocenters. The van der Waals surface area contributed by atoms with Crippen LogP contribution in [0.4, 0.5) is 0 Å². The van der Waals surface area contributed by atoms with Gasteiger partial charge in [0.05, 0.1) is 20.6 Å². The van der Waals surface area contributed by atoms with Gasteiger partial charge in [-0.15, -0.1) is 0 Å². The zero-order valence-electron chi connectivity index (χ0n) is 53.9. The van der Waals surface area contributed by atoms with E-state index in [9.17, 15) is 9.60 Å². The van der Waals surface area contributed by atoms with Crippen LogP contribution in [0.1, 0.15) is 20.6 Å². The second-order valence-electron chi connectivity index (χ2n) is 18.6. The lowest BCUT2D eigenvalue weighted by atomic mass is 9.84. The van der Waals surface area contributed by atoms with Gasteiger partial charge in [-0.1, -0.05) is 224 Å². The van der Waals surface area contributed by atoms with Crippen LogP contribution in [0.3, 0.4) is 0 Å². The summed E-state index contributed by atoms with van der Waals surface area (Å²) in [4.78, 5) is 0. The Morgan fingerprint density at radius 1 is 0.270 bits per heavy atom. The number of hydrogen-bond acceptors (Lipinski definition) is 2. The molecule has 0 N–H and O–H groups in total. The van der Waals surface area contributed by atoms with Crippen molar-refractivity contribution in [2.45, 2.75) is 0 Å². The average molecular weight is 954 g/mol. The van der Waals surface area contributed by atoms with E-state index in [2.05, 4.69) is 91.0 Å². The monoisotopic (exact) mass is 953 g/mol. The summed E-state index contributed by atoms with van der Waals surface area (Å²) in [6.45, 7) is 0. The molecule has 14 aromatic carbocycles. The third-order valence-electron chi connectivity index (χ3n) is 14.7. The Kier molecular flexibility index (Phi) is 6.20. The highest BCUT2D eigenvalue weighted by molar-refractivity contribution is 6.36. The quantitative estimate of drug-likeness (QED) is 0.161. The summed E-state index contributed by atoms with van der Waals surface area (Å²) >= 11 is 0. The fourth-order valence-electron chi connectivity index (χ4n) is 11.6. The number of para-hydroxylation sites is 2. The minimum absolute atomic E-state index is 0.000154. The Morgan fingerprint density at radius 2 is 0.689 bits per heavy atom. The highest BCUT2D eigenvalue weighted by atomic mass is 16.3. The van der Waals surface area contributed by atoms with E-state index in [4.69, 9.17) is 19.8 Å². The van der Waals surface area contributed by atoms with Crippen molar-refractivity contribution in [3.8, 4) is 55.6 Å².